The van der Waals surface area contributed by atoms with Crippen molar-refractivity contribution in [3.8, 4) is 11.5 Å². The van der Waals surface area contributed by atoms with Crippen molar-refractivity contribution in [2.45, 2.75) is 69.8 Å². The van der Waals surface area contributed by atoms with E-state index in [0.29, 0.717) is 69.0 Å². The largest absolute Gasteiger partial charge is 0.506 e. The first-order valence-electron chi connectivity index (χ1n) is 16.1. The highest BCUT2D eigenvalue weighted by Gasteiger charge is 2.54. The number of nitrogens with zero attached hydrogens (tertiary/aromatic N) is 1. The van der Waals surface area contributed by atoms with Crippen LogP contribution >= 0.6 is 0 Å². The third kappa shape index (κ3) is 12.4. The second kappa shape index (κ2) is 18.8. The summed E-state index contributed by atoms with van der Waals surface area (Å²) in [6, 6.07) is 7.77. The van der Waals surface area contributed by atoms with Crippen LogP contribution in [0.15, 0.2) is 30.3 Å². The van der Waals surface area contributed by atoms with Crippen molar-refractivity contribution >= 4 is 29.1 Å². The molecule has 0 radical (unpaired) electrons. The van der Waals surface area contributed by atoms with Crippen molar-refractivity contribution in [3.05, 3.63) is 53.1 Å². The van der Waals surface area contributed by atoms with Crippen LogP contribution < -0.4 is 20.7 Å². The first kappa shape index (κ1) is 41.1. The number of phenols is 1. The Hall–Kier alpha value is -4.32. The molecule has 1 aliphatic carbocycles. The van der Waals surface area contributed by atoms with Gasteiger partial charge in [0.25, 0.3) is 5.91 Å². The van der Waals surface area contributed by atoms with Crippen LogP contribution in [0.25, 0.3) is 0 Å². The lowest BCUT2D eigenvalue weighted by Crippen LogP contribution is -2.45. The summed E-state index contributed by atoms with van der Waals surface area (Å²) >= 11 is 0. The second-order valence-electron chi connectivity index (χ2n) is 11.8. The molecule has 10 nitrogen and oxygen atoms in total. The van der Waals surface area contributed by atoms with Crippen molar-refractivity contribution in [2.24, 2.45) is 0 Å². The van der Waals surface area contributed by atoms with Gasteiger partial charge in [0.1, 0.15) is 11.4 Å². The van der Waals surface area contributed by atoms with Crippen molar-refractivity contribution in [1.29, 1.82) is 0 Å². The van der Waals surface area contributed by atoms with Crippen LogP contribution in [-0.4, -0.2) is 91.1 Å². The number of Topliss-reactive ketones (excluding diaryl/α,β-unsaturated/α-hetero) is 2. The van der Waals surface area contributed by atoms with Crippen molar-refractivity contribution in [3.63, 3.8) is 0 Å². The summed E-state index contributed by atoms with van der Waals surface area (Å²) in [5.74, 6) is -8.18. The summed E-state index contributed by atoms with van der Waals surface area (Å²) in [5, 5.41) is 19.3. The topological polar surface area (TPSA) is 137 Å². The number of carbonyl (C=O) groups excluding carboxylic acids is 4. The zero-order chi connectivity index (χ0) is 37.8. The number of amides is 2. The van der Waals surface area contributed by atoms with Crippen LogP contribution in [0.1, 0.15) is 49.7 Å². The van der Waals surface area contributed by atoms with E-state index in [1.807, 2.05) is 4.90 Å². The van der Waals surface area contributed by atoms with Crippen molar-refractivity contribution in [1.82, 2.24) is 15.5 Å². The lowest BCUT2D eigenvalue weighted by molar-refractivity contribution is -0.193. The van der Waals surface area contributed by atoms with Crippen molar-refractivity contribution < 1.29 is 64.1 Å². The lowest BCUT2D eigenvalue weighted by Gasteiger charge is -2.34. The predicted molar refractivity (Wildman–Crippen MR) is 167 cm³/mol. The highest BCUT2D eigenvalue weighted by Crippen LogP contribution is 2.39. The van der Waals surface area contributed by atoms with Crippen LogP contribution in [0.3, 0.4) is 0 Å². The highest BCUT2D eigenvalue weighted by molar-refractivity contribution is 6.41. The number of nitrogens with one attached hydrogen (secondary N) is 3. The third-order valence-electron chi connectivity index (χ3n) is 8.11. The summed E-state index contributed by atoms with van der Waals surface area (Å²) in [5.41, 5.74) is 1.53. The fraction of sp³-hybridized carbons (Fsp3) is 0.515. The summed E-state index contributed by atoms with van der Waals surface area (Å²) in [4.78, 5) is 46.0. The van der Waals surface area contributed by atoms with E-state index < -0.39 is 35.6 Å². The maximum absolute atomic E-state index is 13.8. The molecule has 1 heterocycles. The van der Waals surface area contributed by atoms with E-state index in [1.54, 1.807) is 18.2 Å². The third-order valence-corrected chi connectivity index (χ3v) is 8.11. The number of ketones is 2. The van der Waals surface area contributed by atoms with Gasteiger partial charge in [-0.3, -0.25) is 19.2 Å². The fourth-order valence-corrected chi connectivity index (χ4v) is 5.55. The molecule has 0 aromatic heterocycles. The van der Waals surface area contributed by atoms with Gasteiger partial charge in [-0.15, -0.1) is 0 Å². The highest BCUT2D eigenvalue weighted by atomic mass is 19.4. The number of alkyl halides is 6. The number of phenolic OH excluding ortho intramolecular Hbond substituents is 1. The molecule has 51 heavy (non-hydrogen) atoms. The maximum Gasteiger partial charge on any atom is 0.458 e. The zero-order valence-electron chi connectivity index (χ0n) is 27.3. The molecular weight excluding hydrogens is 700 g/mol. The molecule has 0 spiro atoms. The SMILES string of the molecule is O=C(C(=O)C(F)(F)F)C(F)(F)F.O=C1COc2c(CCNCCN(C(=O)CCNCCc3cccc(F)c3F)C3CCCCC3)ccc(O)c2N1. The number of ether oxygens (including phenoxy) is 1. The number of halogens is 8. The molecule has 0 bridgehead atoms. The van der Waals surface area contributed by atoms with Crippen LogP contribution in [0.4, 0.5) is 40.8 Å². The van der Waals surface area contributed by atoms with Crippen LogP contribution in [0.5, 0.6) is 11.5 Å². The smallest absolute Gasteiger partial charge is 0.458 e. The van der Waals surface area contributed by atoms with E-state index in [2.05, 4.69) is 16.0 Å². The Morgan fingerprint density at radius 1 is 0.843 bits per heavy atom. The molecule has 2 aromatic carbocycles. The molecule has 2 aliphatic rings. The molecule has 2 aromatic rings. The zero-order valence-corrected chi connectivity index (χ0v) is 27.3. The maximum atomic E-state index is 13.8. The molecule has 1 saturated carbocycles. The van der Waals surface area contributed by atoms with Gasteiger partial charge in [-0.25, -0.2) is 8.78 Å². The average molecular weight is 739 g/mol. The van der Waals surface area contributed by atoms with Gasteiger partial charge in [-0.1, -0.05) is 37.5 Å². The van der Waals surface area contributed by atoms with Gasteiger partial charge in [0, 0.05) is 32.1 Å². The molecular formula is C33H38F8N4O6. The fourth-order valence-electron chi connectivity index (χ4n) is 5.55. The van der Waals surface area contributed by atoms with E-state index in [9.17, 15) is 59.4 Å². The van der Waals surface area contributed by atoms with Crippen LogP contribution in [-0.2, 0) is 32.0 Å². The Morgan fingerprint density at radius 2 is 1.45 bits per heavy atom. The predicted octanol–water partition coefficient (Wildman–Crippen LogP) is 4.77. The normalized spacial score (nSPS) is 14.8. The number of aromatic hydroxyl groups is 1. The summed E-state index contributed by atoms with van der Waals surface area (Å²) in [7, 11) is 0. The van der Waals surface area contributed by atoms with Crippen LogP contribution in [0.2, 0.25) is 0 Å². The Morgan fingerprint density at radius 3 is 2.08 bits per heavy atom. The van der Waals surface area contributed by atoms with E-state index in [-0.39, 0.29) is 30.2 Å². The van der Waals surface area contributed by atoms with Gasteiger partial charge < -0.3 is 30.7 Å². The Bertz CT molecular complexity index is 1510. The first-order chi connectivity index (χ1) is 24.0. The van der Waals surface area contributed by atoms with E-state index in [0.717, 1.165) is 37.3 Å². The molecule has 4 N–H and O–H groups in total. The summed E-state index contributed by atoms with van der Waals surface area (Å²) in [6.45, 7) is 2.78. The van der Waals surface area contributed by atoms with Crippen LogP contribution in [0, 0.1) is 11.6 Å². The molecule has 0 atom stereocenters. The molecule has 0 unspecified atom stereocenters. The Kier molecular flexibility index (Phi) is 15.1. The van der Waals surface area contributed by atoms with E-state index >= 15 is 0 Å². The number of hydrogen-bond acceptors (Lipinski definition) is 8. The monoisotopic (exact) mass is 738 g/mol. The number of rotatable bonds is 14. The Balaban J connectivity index is 0.000000501. The number of benzene rings is 2. The van der Waals surface area contributed by atoms with Gasteiger partial charge in [0.05, 0.1) is 0 Å². The number of hydrogen-bond donors (Lipinski definition) is 4. The average Bonchev–Trinajstić information content (AvgIpc) is 3.08. The molecule has 2 amide bonds. The number of anilines is 1. The van der Waals surface area contributed by atoms with Crippen molar-refractivity contribution in [2.75, 3.05) is 44.6 Å². The quantitative estimate of drug-likeness (QED) is 0.0943. The van der Waals surface area contributed by atoms with E-state index in [1.165, 1.54) is 12.5 Å². The van der Waals surface area contributed by atoms with Gasteiger partial charge in [0.15, 0.2) is 24.0 Å². The number of carbonyl (C=O) groups is 4. The molecule has 282 valence electrons. The second-order valence-corrected chi connectivity index (χ2v) is 11.8. The molecule has 0 saturated heterocycles. The minimum absolute atomic E-state index is 0.0213. The molecule has 18 heteroatoms. The minimum Gasteiger partial charge on any atom is -0.506 e. The van der Waals surface area contributed by atoms with Gasteiger partial charge >= 0.3 is 23.9 Å². The minimum atomic E-state index is -5.77. The summed E-state index contributed by atoms with van der Waals surface area (Å²) < 4.78 is 99.7. The first-order valence-corrected chi connectivity index (χ1v) is 16.1. The number of fused-ring (bicyclic) bond motifs is 1. The van der Waals surface area contributed by atoms with Gasteiger partial charge in [-0.05, 0) is 62.0 Å². The molecule has 1 fully saturated rings. The van der Waals surface area contributed by atoms with Gasteiger partial charge in [-0.2, -0.15) is 26.3 Å². The molecule has 4 rings (SSSR count). The summed E-state index contributed by atoms with van der Waals surface area (Å²) in [6.07, 6.45) is -4.70. The standard InChI is InChI=1S/C29H38F2N4O4.C4F6O2/c30-23-8-4-5-20(27(23)31)11-14-32-16-13-26(38)35(22-6-2-1-3-7-22)18-17-33-15-12-21-9-10-24(36)28-29(21)39-19-25(37)34-28;5-3(6,7)1(11)2(12)4(8,9)10/h4-5,8-10,22,32-33,36H,1-3,6-7,11-19H2,(H,34,37);. The lowest BCUT2D eigenvalue weighted by atomic mass is 9.94. The molecule has 1 aliphatic heterocycles. The van der Waals surface area contributed by atoms with E-state index in [4.69, 9.17) is 4.74 Å². The Labute approximate surface area is 287 Å². The van der Waals surface area contributed by atoms with Gasteiger partial charge in [0.2, 0.25) is 5.91 Å².